The summed E-state index contributed by atoms with van der Waals surface area (Å²) in [6.45, 7) is 4.83. The van der Waals surface area contributed by atoms with Crippen molar-refractivity contribution in [1.82, 2.24) is 15.5 Å². The minimum absolute atomic E-state index is 0.0879. The molecule has 1 aromatic carbocycles. The van der Waals surface area contributed by atoms with E-state index in [0.29, 0.717) is 31.2 Å². The molecule has 0 bridgehead atoms. The summed E-state index contributed by atoms with van der Waals surface area (Å²) in [4.78, 5) is 15.7. The van der Waals surface area contributed by atoms with Gasteiger partial charge in [-0.1, -0.05) is 12.1 Å². The number of aromatic nitrogens is 2. The van der Waals surface area contributed by atoms with Crippen LogP contribution >= 0.6 is 0 Å². The molecule has 0 spiro atoms. The van der Waals surface area contributed by atoms with E-state index in [2.05, 4.69) is 20.8 Å². The second kappa shape index (κ2) is 8.14. The number of carbonyl (C=O) groups is 1. The Morgan fingerprint density at radius 3 is 2.96 bits per heavy atom. The van der Waals surface area contributed by atoms with Crippen LogP contribution in [0.5, 0.6) is 0 Å². The highest BCUT2D eigenvalue weighted by atomic mass is 16.5. The van der Waals surface area contributed by atoms with Gasteiger partial charge in [-0.05, 0) is 36.7 Å². The van der Waals surface area contributed by atoms with E-state index < -0.39 is 0 Å². The van der Waals surface area contributed by atoms with Crippen LogP contribution in [0.2, 0.25) is 0 Å². The summed E-state index contributed by atoms with van der Waals surface area (Å²) in [5, 5.41) is 8.95. The first kappa shape index (κ1) is 16.8. The van der Waals surface area contributed by atoms with E-state index in [4.69, 9.17) is 15.0 Å². The monoisotopic (exact) mass is 319 g/mol. The summed E-state index contributed by atoms with van der Waals surface area (Å²) in [6.07, 6.45) is 0.577. The molecule has 0 saturated carbocycles. The fourth-order valence-corrected chi connectivity index (χ4v) is 1.83. The van der Waals surface area contributed by atoms with E-state index in [0.717, 1.165) is 5.56 Å². The van der Waals surface area contributed by atoms with Crippen LogP contribution in [-0.2, 0) is 17.8 Å². The highest BCUT2D eigenvalue weighted by Crippen LogP contribution is 2.12. The number of anilines is 2. The van der Waals surface area contributed by atoms with E-state index in [9.17, 15) is 4.79 Å². The third-order valence-electron chi connectivity index (χ3n) is 2.88. The maximum absolute atomic E-state index is 11.8. The maximum atomic E-state index is 11.8. The number of nitrogens with two attached hydrogens (primary N) is 1. The zero-order valence-electron chi connectivity index (χ0n) is 13.2. The molecule has 23 heavy (non-hydrogen) atoms. The first-order valence-electron chi connectivity index (χ1n) is 7.36. The fourth-order valence-electron chi connectivity index (χ4n) is 1.83. The molecule has 0 saturated heterocycles. The molecule has 1 aromatic heterocycles. The Hall–Kier alpha value is -2.61. The Labute approximate surface area is 134 Å². The van der Waals surface area contributed by atoms with Crippen LogP contribution in [0, 0.1) is 0 Å². The summed E-state index contributed by atoms with van der Waals surface area (Å²) < 4.78 is 10.4. The van der Waals surface area contributed by atoms with Gasteiger partial charge in [0, 0.05) is 18.7 Å². The van der Waals surface area contributed by atoms with Crippen molar-refractivity contribution in [3.8, 4) is 0 Å². The van der Waals surface area contributed by atoms with Crippen LogP contribution < -0.4 is 16.4 Å². The van der Waals surface area contributed by atoms with E-state index in [1.807, 2.05) is 38.1 Å². The van der Waals surface area contributed by atoms with Gasteiger partial charge in [0.2, 0.25) is 5.89 Å². The van der Waals surface area contributed by atoms with E-state index in [1.165, 1.54) is 0 Å². The first-order chi connectivity index (χ1) is 11.0. The van der Waals surface area contributed by atoms with Gasteiger partial charge in [-0.2, -0.15) is 4.98 Å². The number of hydrogen-bond acceptors (Lipinski definition) is 6. The van der Waals surface area contributed by atoms with Crippen LogP contribution in [0.3, 0.4) is 0 Å². The number of nitrogens with one attached hydrogen (secondary N) is 2. The molecule has 0 fully saturated rings. The lowest BCUT2D eigenvalue weighted by atomic mass is 10.2. The van der Waals surface area contributed by atoms with Crippen molar-refractivity contribution < 1.29 is 14.1 Å². The number of ether oxygens (including phenoxy) is 1. The van der Waals surface area contributed by atoms with Crippen molar-refractivity contribution in [2.75, 3.05) is 17.6 Å². The van der Waals surface area contributed by atoms with Gasteiger partial charge in [-0.25, -0.2) is 4.79 Å². The average Bonchev–Trinajstić information content (AvgIpc) is 2.91. The maximum Gasteiger partial charge on any atom is 0.319 e. The number of rotatable bonds is 7. The van der Waals surface area contributed by atoms with E-state index in [-0.39, 0.29) is 18.1 Å². The van der Waals surface area contributed by atoms with Crippen LogP contribution in [-0.4, -0.2) is 28.8 Å². The lowest BCUT2D eigenvalue weighted by molar-refractivity contribution is 0.0657. The number of nitrogens with zero attached hydrogens (tertiary/aromatic N) is 2. The Bertz CT molecular complexity index is 642. The van der Waals surface area contributed by atoms with E-state index >= 15 is 0 Å². The van der Waals surface area contributed by atoms with Gasteiger partial charge in [0.05, 0.1) is 12.7 Å². The number of hydrogen-bond donors (Lipinski definition) is 3. The quantitative estimate of drug-likeness (QED) is 0.718. The Morgan fingerprint density at radius 1 is 1.43 bits per heavy atom. The summed E-state index contributed by atoms with van der Waals surface area (Å²) in [7, 11) is 0. The molecule has 2 rings (SSSR count). The molecule has 0 atom stereocenters. The molecule has 4 N–H and O–H groups in total. The molecule has 2 amide bonds. The van der Waals surface area contributed by atoms with Gasteiger partial charge in [0.25, 0.3) is 5.95 Å². The van der Waals surface area contributed by atoms with Gasteiger partial charge in [0.1, 0.15) is 0 Å². The molecule has 8 nitrogen and oxygen atoms in total. The molecule has 2 aromatic rings. The normalized spacial score (nSPS) is 10.7. The molecule has 0 radical (unpaired) electrons. The first-order valence-corrected chi connectivity index (χ1v) is 7.36. The molecule has 0 unspecified atom stereocenters. The molecule has 0 aliphatic carbocycles. The van der Waals surface area contributed by atoms with Crippen molar-refractivity contribution in [3.63, 3.8) is 0 Å². The third-order valence-corrected chi connectivity index (χ3v) is 2.88. The predicted octanol–water partition coefficient (Wildman–Crippen LogP) is 1.94. The van der Waals surface area contributed by atoms with Gasteiger partial charge >= 0.3 is 6.03 Å². The van der Waals surface area contributed by atoms with Gasteiger partial charge < -0.3 is 25.6 Å². The highest BCUT2D eigenvalue weighted by molar-refractivity contribution is 5.89. The smallest absolute Gasteiger partial charge is 0.319 e. The van der Waals surface area contributed by atoms with Crippen molar-refractivity contribution in [2.24, 2.45) is 0 Å². The number of amides is 2. The van der Waals surface area contributed by atoms with Crippen molar-refractivity contribution in [1.29, 1.82) is 0 Å². The minimum atomic E-state index is -0.306. The third kappa shape index (κ3) is 5.95. The van der Waals surface area contributed by atoms with Gasteiger partial charge in [-0.3, -0.25) is 0 Å². The van der Waals surface area contributed by atoms with Crippen LogP contribution in [0.4, 0.5) is 16.4 Å². The second-order valence-electron chi connectivity index (χ2n) is 5.24. The number of urea groups is 1. The van der Waals surface area contributed by atoms with Crippen LogP contribution in [0.25, 0.3) is 0 Å². The van der Waals surface area contributed by atoms with Gasteiger partial charge in [-0.15, -0.1) is 0 Å². The standard InChI is InChI=1S/C15H21N5O3/c1-10(2)22-9-11-4-3-5-12(8-11)18-15(21)17-7-6-13-19-14(16)20-23-13/h3-5,8,10H,6-7,9H2,1-2H3,(H2,16,20)(H2,17,18,21). The lowest BCUT2D eigenvalue weighted by Crippen LogP contribution is -2.30. The molecule has 8 heteroatoms. The van der Waals surface area contributed by atoms with Crippen molar-refractivity contribution in [2.45, 2.75) is 33.0 Å². The number of benzene rings is 1. The highest BCUT2D eigenvalue weighted by Gasteiger charge is 2.06. The van der Waals surface area contributed by atoms with Gasteiger partial charge in [0.15, 0.2) is 0 Å². The molecule has 1 heterocycles. The van der Waals surface area contributed by atoms with Crippen molar-refractivity contribution >= 4 is 17.7 Å². The molecular weight excluding hydrogens is 298 g/mol. The molecule has 0 aliphatic heterocycles. The van der Waals surface area contributed by atoms with Crippen molar-refractivity contribution in [3.05, 3.63) is 35.7 Å². The number of carbonyl (C=O) groups excluding carboxylic acids is 1. The predicted molar refractivity (Wildman–Crippen MR) is 85.8 cm³/mol. The Kier molecular flexibility index (Phi) is 5.93. The lowest BCUT2D eigenvalue weighted by Gasteiger charge is -2.10. The molecule has 124 valence electrons. The Balaban J connectivity index is 1.77. The minimum Gasteiger partial charge on any atom is -0.374 e. The van der Waals surface area contributed by atoms with Crippen LogP contribution in [0.1, 0.15) is 25.3 Å². The SMILES string of the molecule is CC(C)OCc1cccc(NC(=O)NCCc2nc(N)no2)c1. The Morgan fingerprint density at radius 2 is 2.26 bits per heavy atom. The van der Waals surface area contributed by atoms with Crippen LogP contribution in [0.15, 0.2) is 28.8 Å². The van der Waals surface area contributed by atoms with E-state index in [1.54, 1.807) is 0 Å². The molecule has 0 aliphatic rings. The largest absolute Gasteiger partial charge is 0.374 e. The summed E-state index contributed by atoms with van der Waals surface area (Å²) in [5.41, 5.74) is 7.04. The number of nitrogen functional groups attached to an aromatic ring is 1. The molecular formula is C15H21N5O3. The summed E-state index contributed by atoms with van der Waals surface area (Å²) in [6, 6.07) is 7.21. The topological polar surface area (TPSA) is 115 Å². The average molecular weight is 319 g/mol. The zero-order chi connectivity index (χ0) is 16.7. The summed E-state index contributed by atoms with van der Waals surface area (Å²) >= 11 is 0. The second-order valence-corrected chi connectivity index (χ2v) is 5.24. The zero-order valence-corrected chi connectivity index (χ0v) is 13.2. The summed E-state index contributed by atoms with van der Waals surface area (Å²) in [5.74, 6) is 0.473. The fraction of sp³-hybridized carbons (Fsp3) is 0.400.